The Labute approximate surface area is 210 Å². The molecule has 6 heteroatoms. The second-order valence-electron chi connectivity index (χ2n) is 9.23. The van der Waals surface area contributed by atoms with E-state index in [9.17, 15) is 4.21 Å². The number of hydrogen-bond donors (Lipinski definition) is 0. The number of piperidine rings is 1. The number of benzene rings is 2. The molecule has 0 bridgehead atoms. The van der Waals surface area contributed by atoms with Gasteiger partial charge in [0, 0.05) is 40.2 Å². The molecular weight excluding hydrogens is 452 g/mol. The van der Waals surface area contributed by atoms with Gasteiger partial charge < -0.3 is 0 Å². The van der Waals surface area contributed by atoms with Crippen LogP contribution in [0.4, 0.5) is 0 Å². The van der Waals surface area contributed by atoms with Gasteiger partial charge in [-0.1, -0.05) is 56.7 Å². The maximum atomic E-state index is 12.6. The molecule has 2 aromatic heterocycles. The molecule has 2 aliphatic rings. The van der Waals surface area contributed by atoms with Crippen LogP contribution in [0.5, 0.6) is 0 Å². The third kappa shape index (κ3) is 5.39. The van der Waals surface area contributed by atoms with E-state index in [2.05, 4.69) is 34.3 Å². The van der Waals surface area contributed by atoms with Gasteiger partial charge in [-0.25, -0.2) is 9.50 Å². The van der Waals surface area contributed by atoms with E-state index in [-0.39, 0.29) is 0 Å². The van der Waals surface area contributed by atoms with Crippen molar-refractivity contribution in [2.45, 2.75) is 62.6 Å². The SMILES string of the molecule is CC.O=S(c1cccc(-c2cnn3cc(-c4ccc(CN5CCCCC5)cc4)cnc23)c1)C1CC1. The van der Waals surface area contributed by atoms with Gasteiger partial charge in [0.05, 0.1) is 17.0 Å². The molecule has 3 heterocycles. The van der Waals surface area contributed by atoms with Gasteiger partial charge in [-0.05, 0) is 67.6 Å². The van der Waals surface area contributed by atoms with Gasteiger partial charge >= 0.3 is 0 Å². The predicted molar refractivity (Wildman–Crippen MR) is 144 cm³/mol. The number of nitrogens with zero attached hydrogens (tertiary/aromatic N) is 4. The molecule has 6 rings (SSSR count). The molecular formula is C29H34N4OS. The van der Waals surface area contributed by atoms with Crippen molar-refractivity contribution >= 4 is 16.4 Å². The van der Waals surface area contributed by atoms with Crippen molar-refractivity contribution in [1.29, 1.82) is 0 Å². The van der Waals surface area contributed by atoms with Crippen LogP contribution in [0.2, 0.25) is 0 Å². The number of fused-ring (bicyclic) bond motifs is 1. The van der Waals surface area contributed by atoms with Crippen molar-refractivity contribution in [1.82, 2.24) is 19.5 Å². The Kier molecular flexibility index (Phi) is 7.40. The smallest absolute Gasteiger partial charge is 0.162 e. The van der Waals surface area contributed by atoms with Gasteiger partial charge in [0.25, 0.3) is 0 Å². The lowest BCUT2D eigenvalue weighted by Gasteiger charge is -2.26. The van der Waals surface area contributed by atoms with Crippen molar-refractivity contribution in [3.05, 3.63) is 72.7 Å². The number of aromatic nitrogens is 3. The van der Waals surface area contributed by atoms with E-state index in [1.54, 1.807) is 0 Å². The summed E-state index contributed by atoms with van der Waals surface area (Å²) in [5.74, 6) is 0. The highest BCUT2D eigenvalue weighted by atomic mass is 32.2. The highest BCUT2D eigenvalue weighted by Gasteiger charge is 2.29. The van der Waals surface area contributed by atoms with E-state index in [0.29, 0.717) is 5.25 Å². The fourth-order valence-electron chi connectivity index (χ4n) is 4.67. The summed E-state index contributed by atoms with van der Waals surface area (Å²) in [4.78, 5) is 8.20. The van der Waals surface area contributed by atoms with E-state index in [1.165, 1.54) is 37.9 Å². The van der Waals surface area contributed by atoms with Crippen LogP contribution >= 0.6 is 0 Å². The lowest BCUT2D eigenvalue weighted by atomic mass is 10.1. The lowest BCUT2D eigenvalue weighted by Crippen LogP contribution is -2.28. The molecule has 0 radical (unpaired) electrons. The number of hydrogen-bond acceptors (Lipinski definition) is 4. The maximum absolute atomic E-state index is 12.6. The topological polar surface area (TPSA) is 50.5 Å². The molecule has 0 spiro atoms. The molecule has 1 atom stereocenters. The summed E-state index contributed by atoms with van der Waals surface area (Å²) >= 11 is 0. The fourth-order valence-corrected chi connectivity index (χ4v) is 6.07. The Hall–Kier alpha value is -2.83. The van der Waals surface area contributed by atoms with E-state index >= 15 is 0 Å². The van der Waals surface area contributed by atoms with E-state index < -0.39 is 10.8 Å². The molecule has 2 fully saturated rings. The summed E-state index contributed by atoms with van der Waals surface area (Å²) < 4.78 is 14.4. The zero-order valence-electron chi connectivity index (χ0n) is 20.7. The van der Waals surface area contributed by atoms with Gasteiger partial charge in [-0.15, -0.1) is 0 Å². The van der Waals surface area contributed by atoms with Crippen LogP contribution < -0.4 is 0 Å². The molecule has 0 N–H and O–H groups in total. The first-order valence-electron chi connectivity index (χ1n) is 12.9. The Morgan fingerprint density at radius 3 is 2.43 bits per heavy atom. The van der Waals surface area contributed by atoms with E-state index in [0.717, 1.165) is 52.2 Å². The van der Waals surface area contributed by atoms with Crippen molar-refractivity contribution < 1.29 is 4.21 Å². The zero-order chi connectivity index (χ0) is 24.2. The Balaban J connectivity index is 0.00000124. The first kappa shape index (κ1) is 23.9. The molecule has 1 aliphatic carbocycles. The Bertz CT molecular complexity index is 1300. The summed E-state index contributed by atoms with van der Waals surface area (Å²) in [5.41, 5.74) is 6.34. The second-order valence-corrected chi connectivity index (χ2v) is 11.0. The minimum Gasteiger partial charge on any atom is -0.299 e. The van der Waals surface area contributed by atoms with Gasteiger partial charge in [0.2, 0.25) is 0 Å². The summed E-state index contributed by atoms with van der Waals surface area (Å²) in [6, 6.07) is 16.8. The van der Waals surface area contributed by atoms with Gasteiger partial charge in [-0.3, -0.25) is 9.11 Å². The highest BCUT2D eigenvalue weighted by Crippen LogP contribution is 2.33. The summed E-state index contributed by atoms with van der Waals surface area (Å²) in [6.45, 7) is 7.46. The number of rotatable bonds is 6. The molecule has 2 aromatic carbocycles. The van der Waals surface area contributed by atoms with Gasteiger partial charge in [0.1, 0.15) is 0 Å². The quantitative estimate of drug-likeness (QED) is 0.319. The molecule has 1 aliphatic heterocycles. The van der Waals surface area contributed by atoms with Crippen LogP contribution in [0.25, 0.3) is 27.9 Å². The van der Waals surface area contributed by atoms with Crippen LogP contribution in [0.3, 0.4) is 0 Å². The Morgan fingerprint density at radius 1 is 0.914 bits per heavy atom. The molecule has 1 saturated heterocycles. The molecule has 5 nitrogen and oxygen atoms in total. The summed E-state index contributed by atoms with van der Waals surface area (Å²) in [6.07, 6.45) is 12.0. The van der Waals surface area contributed by atoms with Crippen LogP contribution in [0, 0.1) is 0 Å². The zero-order valence-corrected chi connectivity index (χ0v) is 21.5. The largest absolute Gasteiger partial charge is 0.299 e. The first-order valence-corrected chi connectivity index (χ1v) is 14.1. The lowest BCUT2D eigenvalue weighted by molar-refractivity contribution is 0.221. The normalized spacial score (nSPS) is 17.1. The van der Waals surface area contributed by atoms with Crippen molar-refractivity contribution in [2.24, 2.45) is 0 Å². The average molecular weight is 487 g/mol. The van der Waals surface area contributed by atoms with Crippen LogP contribution in [0.15, 0.2) is 72.0 Å². The third-order valence-electron chi connectivity index (χ3n) is 6.70. The Morgan fingerprint density at radius 2 is 1.69 bits per heavy atom. The monoisotopic (exact) mass is 486 g/mol. The fraction of sp³-hybridized carbons (Fsp3) is 0.379. The molecule has 1 unspecified atom stereocenters. The summed E-state index contributed by atoms with van der Waals surface area (Å²) in [7, 11) is -0.914. The van der Waals surface area contributed by atoms with E-state index in [4.69, 9.17) is 4.98 Å². The van der Waals surface area contributed by atoms with Crippen LogP contribution in [-0.4, -0.2) is 42.0 Å². The maximum Gasteiger partial charge on any atom is 0.162 e. The van der Waals surface area contributed by atoms with Gasteiger partial charge in [0.15, 0.2) is 5.65 Å². The number of likely N-dealkylation sites (tertiary alicyclic amines) is 1. The van der Waals surface area contributed by atoms with Gasteiger partial charge in [-0.2, -0.15) is 5.10 Å². The third-order valence-corrected chi connectivity index (χ3v) is 8.50. The van der Waals surface area contributed by atoms with E-state index in [1.807, 2.05) is 61.2 Å². The minimum absolute atomic E-state index is 0.330. The molecule has 4 aromatic rings. The van der Waals surface area contributed by atoms with Crippen molar-refractivity contribution in [2.75, 3.05) is 13.1 Å². The van der Waals surface area contributed by atoms with Crippen molar-refractivity contribution in [3.63, 3.8) is 0 Å². The molecule has 35 heavy (non-hydrogen) atoms. The van der Waals surface area contributed by atoms with Crippen LogP contribution in [-0.2, 0) is 17.3 Å². The first-order chi connectivity index (χ1) is 17.2. The standard InChI is InChI=1S/C27H28N4OS.C2H6/c32-33(24-11-12-24)25-6-4-5-22(15-25)26-17-29-31-19-23(16-28-27(26)31)21-9-7-20(8-10-21)18-30-13-2-1-3-14-30;1-2/h4-10,15-17,19,24H,1-3,11-14,18H2;1-2H3. The minimum atomic E-state index is -0.914. The van der Waals surface area contributed by atoms with Crippen molar-refractivity contribution in [3.8, 4) is 22.3 Å². The molecule has 0 amide bonds. The van der Waals surface area contributed by atoms with Crippen LogP contribution in [0.1, 0.15) is 51.5 Å². The highest BCUT2D eigenvalue weighted by molar-refractivity contribution is 7.86. The summed E-state index contributed by atoms with van der Waals surface area (Å²) in [5, 5.41) is 4.90. The second kappa shape index (κ2) is 10.8. The average Bonchev–Trinajstić information content (AvgIpc) is 3.69. The molecule has 182 valence electrons. The predicted octanol–water partition coefficient (Wildman–Crippen LogP) is 6.35. The molecule has 1 saturated carbocycles.